The van der Waals surface area contributed by atoms with Crippen molar-refractivity contribution in [3.8, 4) is 5.75 Å². The van der Waals surface area contributed by atoms with Crippen molar-refractivity contribution in [3.05, 3.63) is 34.2 Å². The van der Waals surface area contributed by atoms with Gasteiger partial charge in [0.2, 0.25) is 0 Å². The number of allylic oxidation sites excluding steroid dienone is 1. The van der Waals surface area contributed by atoms with Gasteiger partial charge in [0.15, 0.2) is 0 Å². The molecule has 0 aromatic heterocycles. The molecule has 0 saturated heterocycles. The molecule has 14 heavy (non-hydrogen) atoms. The highest BCUT2D eigenvalue weighted by atomic mass is 16.5. The average molecular weight is 184 g/mol. The number of fused-ring (bicyclic) bond motifs is 3. The van der Waals surface area contributed by atoms with Crippen LogP contribution in [0, 0.1) is 0 Å². The Morgan fingerprint density at radius 3 is 3.00 bits per heavy atom. The van der Waals surface area contributed by atoms with Crippen LogP contribution in [0.15, 0.2) is 18.2 Å². The zero-order chi connectivity index (χ0) is 9.54. The summed E-state index contributed by atoms with van der Waals surface area (Å²) in [7, 11) is 0. The predicted molar refractivity (Wildman–Crippen MR) is 53.9 cm³/mol. The quantitative estimate of drug-likeness (QED) is 0.435. The van der Waals surface area contributed by atoms with Crippen molar-refractivity contribution in [3.63, 3.8) is 0 Å². The lowest BCUT2D eigenvalue weighted by Gasteiger charge is -2.11. The van der Waals surface area contributed by atoms with Gasteiger partial charge in [-0.2, -0.15) is 0 Å². The molecule has 0 bridgehead atoms. The Hall–Kier alpha value is -1.83. The van der Waals surface area contributed by atoms with E-state index in [9.17, 15) is 4.79 Å². The Kier molecular flexibility index (Phi) is 1.39. The van der Waals surface area contributed by atoms with Gasteiger partial charge in [0.1, 0.15) is 5.75 Å². The molecule has 0 radical (unpaired) electrons. The van der Waals surface area contributed by atoms with Crippen LogP contribution < -0.4 is 15.2 Å². The summed E-state index contributed by atoms with van der Waals surface area (Å²) in [6.07, 6.45) is 8.23. The molecule has 2 heteroatoms. The van der Waals surface area contributed by atoms with E-state index in [0.717, 1.165) is 16.0 Å². The van der Waals surface area contributed by atoms with E-state index in [1.165, 1.54) is 0 Å². The summed E-state index contributed by atoms with van der Waals surface area (Å²) in [6, 6.07) is 4.04. The lowest BCUT2D eigenvalue weighted by molar-refractivity contribution is -0.133. The summed E-state index contributed by atoms with van der Waals surface area (Å²) in [4.78, 5) is 11.1. The molecular formula is C12H8O2. The van der Waals surface area contributed by atoms with Gasteiger partial charge in [0.25, 0.3) is 0 Å². The highest BCUT2D eigenvalue weighted by molar-refractivity contribution is 5.83. The van der Waals surface area contributed by atoms with Crippen LogP contribution in [-0.4, -0.2) is 5.97 Å². The van der Waals surface area contributed by atoms with Crippen LogP contribution >= 0.6 is 0 Å². The summed E-state index contributed by atoms with van der Waals surface area (Å²) in [5, 5.41) is 2.13. The van der Waals surface area contributed by atoms with Gasteiger partial charge >= 0.3 is 5.97 Å². The molecule has 0 amide bonds. The second kappa shape index (κ2) is 2.58. The fourth-order valence-electron chi connectivity index (χ4n) is 1.82. The average Bonchev–Trinajstić information content (AvgIpc) is 2.65. The molecular weight excluding hydrogens is 176 g/mol. The highest BCUT2D eigenvalue weighted by Gasteiger charge is 2.15. The summed E-state index contributed by atoms with van der Waals surface area (Å²) >= 11 is 0. The SMILES string of the molecule is O=C1CC=c2ccc3c(c2O1)C=CC=3. The van der Waals surface area contributed by atoms with Crippen molar-refractivity contribution in [1.29, 1.82) is 0 Å². The van der Waals surface area contributed by atoms with Crippen molar-refractivity contribution < 1.29 is 9.53 Å². The molecule has 0 saturated carbocycles. The summed E-state index contributed by atoms with van der Waals surface area (Å²) < 4.78 is 5.23. The minimum absolute atomic E-state index is 0.175. The summed E-state index contributed by atoms with van der Waals surface area (Å²) in [5.41, 5.74) is 1.02. The van der Waals surface area contributed by atoms with Crippen LogP contribution in [0.25, 0.3) is 18.2 Å². The summed E-state index contributed by atoms with van der Waals surface area (Å²) in [6.45, 7) is 0. The molecule has 2 nitrogen and oxygen atoms in total. The van der Waals surface area contributed by atoms with Crippen LogP contribution in [-0.2, 0) is 4.79 Å². The van der Waals surface area contributed by atoms with Gasteiger partial charge in [-0.1, -0.05) is 36.4 Å². The molecule has 0 fully saturated rings. The zero-order valence-corrected chi connectivity index (χ0v) is 7.49. The minimum Gasteiger partial charge on any atom is -0.425 e. The molecule has 1 heterocycles. The predicted octanol–water partition coefficient (Wildman–Crippen LogP) is 0.584. The third-order valence-corrected chi connectivity index (χ3v) is 2.50. The molecule has 3 rings (SSSR count). The first kappa shape index (κ1) is 7.56. The third-order valence-electron chi connectivity index (χ3n) is 2.50. The van der Waals surface area contributed by atoms with Gasteiger partial charge in [-0.25, -0.2) is 0 Å². The van der Waals surface area contributed by atoms with E-state index in [0.29, 0.717) is 12.2 Å². The van der Waals surface area contributed by atoms with Gasteiger partial charge in [0.05, 0.1) is 6.42 Å². The zero-order valence-electron chi connectivity index (χ0n) is 7.49. The molecule has 1 aromatic carbocycles. The van der Waals surface area contributed by atoms with Gasteiger partial charge in [0, 0.05) is 10.8 Å². The Balaban J connectivity index is 2.39. The molecule has 1 aliphatic heterocycles. The number of ether oxygens (including phenoxy) is 1. The van der Waals surface area contributed by atoms with E-state index in [-0.39, 0.29) is 5.97 Å². The number of carbonyl (C=O) groups is 1. The normalized spacial score (nSPS) is 16.4. The number of hydrogen-bond donors (Lipinski definition) is 0. The molecule has 68 valence electrons. The van der Waals surface area contributed by atoms with Crippen LogP contribution in [0.4, 0.5) is 0 Å². The largest absolute Gasteiger partial charge is 0.425 e. The van der Waals surface area contributed by atoms with E-state index in [2.05, 4.69) is 0 Å². The van der Waals surface area contributed by atoms with Gasteiger partial charge < -0.3 is 4.74 Å². The third kappa shape index (κ3) is 0.940. The first-order valence-corrected chi connectivity index (χ1v) is 4.57. The van der Waals surface area contributed by atoms with E-state index in [1.54, 1.807) is 0 Å². The van der Waals surface area contributed by atoms with E-state index in [4.69, 9.17) is 4.74 Å². The number of esters is 1. The monoisotopic (exact) mass is 184 g/mol. The second-order valence-corrected chi connectivity index (χ2v) is 3.39. The molecule has 1 aromatic rings. The topological polar surface area (TPSA) is 26.3 Å². The number of benzene rings is 1. The lowest BCUT2D eigenvalue weighted by Crippen LogP contribution is -2.23. The maximum atomic E-state index is 11.1. The van der Waals surface area contributed by atoms with Crippen molar-refractivity contribution in [1.82, 2.24) is 0 Å². The molecule has 0 N–H and O–H groups in total. The minimum atomic E-state index is -0.175. The van der Waals surface area contributed by atoms with Crippen molar-refractivity contribution in [2.24, 2.45) is 0 Å². The fourth-order valence-corrected chi connectivity index (χ4v) is 1.82. The van der Waals surface area contributed by atoms with E-state index < -0.39 is 0 Å². The molecule has 0 atom stereocenters. The van der Waals surface area contributed by atoms with Crippen LogP contribution in [0.3, 0.4) is 0 Å². The van der Waals surface area contributed by atoms with Crippen LogP contribution in [0.5, 0.6) is 5.75 Å². The lowest BCUT2D eigenvalue weighted by atomic mass is 10.1. The maximum Gasteiger partial charge on any atom is 0.315 e. The molecule has 0 spiro atoms. The van der Waals surface area contributed by atoms with Crippen molar-refractivity contribution in [2.45, 2.75) is 6.42 Å². The van der Waals surface area contributed by atoms with Gasteiger partial charge in [-0.15, -0.1) is 0 Å². The Bertz CT molecular complexity index is 565. The van der Waals surface area contributed by atoms with Crippen LogP contribution in [0.2, 0.25) is 0 Å². The first-order valence-electron chi connectivity index (χ1n) is 4.57. The second-order valence-electron chi connectivity index (χ2n) is 3.39. The molecule has 1 aliphatic carbocycles. The standard InChI is InChI=1S/C12H8O2/c13-11-7-6-9-5-4-8-2-1-3-10(8)12(9)14-11/h1-6H,7H2. The molecule has 0 unspecified atom stereocenters. The fraction of sp³-hybridized carbons (Fsp3) is 0.0833. The van der Waals surface area contributed by atoms with Gasteiger partial charge in [-0.3, -0.25) is 4.79 Å². The Labute approximate surface area is 80.8 Å². The van der Waals surface area contributed by atoms with Gasteiger partial charge in [-0.05, 0) is 5.22 Å². The van der Waals surface area contributed by atoms with Crippen molar-refractivity contribution >= 4 is 24.2 Å². The smallest absolute Gasteiger partial charge is 0.315 e. The first-order chi connectivity index (χ1) is 6.84. The molecule has 2 aliphatic rings. The highest BCUT2D eigenvalue weighted by Crippen LogP contribution is 2.17. The number of rotatable bonds is 0. The van der Waals surface area contributed by atoms with Crippen LogP contribution in [0.1, 0.15) is 12.0 Å². The van der Waals surface area contributed by atoms with E-state index >= 15 is 0 Å². The van der Waals surface area contributed by atoms with Crippen molar-refractivity contribution in [2.75, 3.05) is 0 Å². The number of hydrogen-bond acceptors (Lipinski definition) is 2. The Morgan fingerprint density at radius 2 is 2.07 bits per heavy atom. The Morgan fingerprint density at radius 1 is 1.21 bits per heavy atom. The number of carbonyl (C=O) groups excluding carboxylic acids is 1. The van der Waals surface area contributed by atoms with E-state index in [1.807, 2.05) is 36.4 Å². The maximum absolute atomic E-state index is 11.1. The summed E-state index contributed by atoms with van der Waals surface area (Å²) in [5.74, 6) is 0.537.